The van der Waals surface area contributed by atoms with Crippen LogP contribution in [0, 0.1) is 6.92 Å². The number of rotatable bonds is 5. The molecule has 0 radical (unpaired) electrons. The molecule has 3 rings (SSSR count). The Labute approximate surface area is 141 Å². The lowest BCUT2D eigenvalue weighted by Crippen LogP contribution is -2.55. The summed E-state index contributed by atoms with van der Waals surface area (Å²) in [6, 6.07) is 1.60. The van der Waals surface area contributed by atoms with Gasteiger partial charge in [-0.3, -0.25) is 19.2 Å². The molecule has 3 atom stereocenters. The molecule has 1 saturated carbocycles. The van der Waals surface area contributed by atoms with E-state index in [1.54, 1.807) is 10.9 Å². The number of aliphatic hydroxyl groups excluding tert-OH is 1. The van der Waals surface area contributed by atoms with Crippen molar-refractivity contribution in [3.63, 3.8) is 0 Å². The first-order chi connectivity index (χ1) is 11.5. The molecule has 2 fully saturated rings. The maximum absolute atomic E-state index is 12.1. The van der Waals surface area contributed by atoms with Crippen molar-refractivity contribution < 1.29 is 14.7 Å². The largest absolute Gasteiger partial charge is 0.389 e. The van der Waals surface area contributed by atoms with E-state index in [9.17, 15) is 14.7 Å². The van der Waals surface area contributed by atoms with Gasteiger partial charge in [-0.1, -0.05) is 0 Å². The van der Waals surface area contributed by atoms with E-state index in [-0.39, 0.29) is 23.9 Å². The molecule has 1 aromatic rings. The van der Waals surface area contributed by atoms with E-state index in [4.69, 9.17) is 0 Å². The number of nitrogens with one attached hydrogen (secondary N) is 2. The van der Waals surface area contributed by atoms with Gasteiger partial charge in [0.05, 0.1) is 18.7 Å². The summed E-state index contributed by atoms with van der Waals surface area (Å²) in [4.78, 5) is 25.7. The number of aliphatic hydroxyl groups is 1. The van der Waals surface area contributed by atoms with Gasteiger partial charge in [-0.25, -0.2) is 0 Å². The number of carbonyl (C=O) groups is 2. The smallest absolute Gasteiger partial charge is 0.234 e. The third-order valence-corrected chi connectivity index (χ3v) is 4.94. The SMILES string of the molecule is Cc1ccnn1CCC(=O)N[C@@H]1CC[C@@H](N2CCNC(=O)C2)[C@@H]1O. The van der Waals surface area contributed by atoms with Gasteiger partial charge in [0.2, 0.25) is 11.8 Å². The molecule has 1 aromatic heterocycles. The number of piperazine rings is 1. The van der Waals surface area contributed by atoms with E-state index in [1.165, 1.54) is 0 Å². The van der Waals surface area contributed by atoms with Crippen LogP contribution in [-0.4, -0.2) is 69.4 Å². The van der Waals surface area contributed by atoms with Crippen LogP contribution in [0.15, 0.2) is 12.3 Å². The highest BCUT2D eigenvalue weighted by Gasteiger charge is 2.40. The molecule has 2 amide bonds. The summed E-state index contributed by atoms with van der Waals surface area (Å²) in [6.07, 6.45) is 2.94. The molecule has 1 aliphatic heterocycles. The molecule has 24 heavy (non-hydrogen) atoms. The zero-order chi connectivity index (χ0) is 17.1. The second kappa shape index (κ2) is 7.31. The van der Waals surface area contributed by atoms with Crippen LogP contribution in [0.1, 0.15) is 25.0 Å². The molecule has 1 saturated heterocycles. The summed E-state index contributed by atoms with van der Waals surface area (Å²) >= 11 is 0. The molecule has 132 valence electrons. The Morgan fingerprint density at radius 1 is 1.50 bits per heavy atom. The third-order valence-electron chi connectivity index (χ3n) is 4.94. The fourth-order valence-electron chi connectivity index (χ4n) is 3.58. The minimum Gasteiger partial charge on any atom is -0.389 e. The van der Waals surface area contributed by atoms with Gasteiger partial charge in [-0.15, -0.1) is 0 Å². The lowest BCUT2D eigenvalue weighted by Gasteiger charge is -2.34. The lowest BCUT2D eigenvalue weighted by molar-refractivity contribution is -0.126. The second-order valence-electron chi connectivity index (χ2n) is 6.58. The van der Waals surface area contributed by atoms with Crippen molar-refractivity contribution in [2.45, 2.75) is 50.9 Å². The average Bonchev–Trinajstić information content (AvgIpc) is 3.12. The lowest BCUT2D eigenvalue weighted by atomic mass is 10.1. The predicted octanol–water partition coefficient (Wildman–Crippen LogP) is -0.978. The molecule has 8 heteroatoms. The highest BCUT2D eigenvalue weighted by Crippen LogP contribution is 2.25. The van der Waals surface area contributed by atoms with E-state index in [0.717, 1.165) is 25.1 Å². The predicted molar refractivity (Wildman–Crippen MR) is 87.1 cm³/mol. The monoisotopic (exact) mass is 335 g/mol. The highest BCUT2D eigenvalue weighted by molar-refractivity contribution is 5.78. The second-order valence-corrected chi connectivity index (χ2v) is 6.58. The number of hydrogen-bond acceptors (Lipinski definition) is 5. The van der Waals surface area contributed by atoms with Crippen molar-refractivity contribution >= 4 is 11.8 Å². The quantitative estimate of drug-likeness (QED) is 0.642. The Hall–Kier alpha value is -1.93. The van der Waals surface area contributed by atoms with Crippen LogP contribution in [0.4, 0.5) is 0 Å². The van der Waals surface area contributed by atoms with Crippen molar-refractivity contribution in [1.82, 2.24) is 25.3 Å². The van der Waals surface area contributed by atoms with E-state index >= 15 is 0 Å². The van der Waals surface area contributed by atoms with Gasteiger partial charge in [0.15, 0.2) is 0 Å². The molecule has 3 N–H and O–H groups in total. The minimum absolute atomic E-state index is 0.00414. The molecule has 0 bridgehead atoms. The van der Waals surface area contributed by atoms with Gasteiger partial charge >= 0.3 is 0 Å². The number of carbonyl (C=O) groups excluding carboxylic acids is 2. The van der Waals surface area contributed by atoms with Crippen LogP contribution < -0.4 is 10.6 Å². The van der Waals surface area contributed by atoms with Crippen molar-refractivity contribution in [2.24, 2.45) is 0 Å². The molecule has 1 aliphatic carbocycles. The van der Waals surface area contributed by atoms with Crippen LogP contribution in [0.5, 0.6) is 0 Å². The summed E-state index contributed by atoms with van der Waals surface area (Å²) in [5.74, 6) is -0.0819. The maximum Gasteiger partial charge on any atom is 0.234 e. The number of hydrogen-bond donors (Lipinski definition) is 3. The molecule has 0 unspecified atom stereocenters. The Bertz CT molecular complexity index is 602. The van der Waals surface area contributed by atoms with E-state index in [0.29, 0.717) is 26.1 Å². The summed E-state index contributed by atoms with van der Waals surface area (Å²) in [6.45, 7) is 4.16. The van der Waals surface area contributed by atoms with Gasteiger partial charge in [-0.05, 0) is 25.8 Å². The Morgan fingerprint density at radius 3 is 3.04 bits per heavy atom. The molecule has 2 aliphatic rings. The summed E-state index contributed by atoms with van der Waals surface area (Å²) in [5.41, 5.74) is 1.02. The first kappa shape index (κ1) is 16.9. The fourth-order valence-corrected chi connectivity index (χ4v) is 3.58. The van der Waals surface area contributed by atoms with E-state index in [2.05, 4.69) is 15.7 Å². The van der Waals surface area contributed by atoms with E-state index < -0.39 is 6.10 Å². The maximum atomic E-state index is 12.1. The first-order valence-corrected chi connectivity index (χ1v) is 8.51. The zero-order valence-corrected chi connectivity index (χ0v) is 13.9. The Balaban J connectivity index is 1.48. The number of aryl methyl sites for hydroxylation is 2. The van der Waals surface area contributed by atoms with E-state index in [1.807, 2.05) is 17.9 Å². The van der Waals surface area contributed by atoms with Crippen molar-refractivity contribution in [3.05, 3.63) is 18.0 Å². The standard InChI is InChI=1S/C16H25N5O3/c1-11-4-6-18-21(11)8-5-14(22)19-12-2-3-13(16(12)24)20-9-7-17-15(23)10-20/h4,6,12-13,16,24H,2-3,5,7-10H2,1H3,(H,17,23)(H,19,22)/t12-,13-,16-/m1/s1. The van der Waals surface area contributed by atoms with Gasteiger partial charge in [0.1, 0.15) is 0 Å². The normalized spacial score (nSPS) is 27.9. The Morgan fingerprint density at radius 2 is 2.33 bits per heavy atom. The van der Waals surface area contributed by atoms with Gasteiger partial charge < -0.3 is 15.7 Å². The van der Waals surface area contributed by atoms with Crippen LogP contribution in [-0.2, 0) is 16.1 Å². The molecule has 2 heterocycles. The summed E-state index contributed by atoms with van der Waals surface area (Å²) < 4.78 is 1.79. The number of amides is 2. The average molecular weight is 335 g/mol. The van der Waals surface area contributed by atoms with Gasteiger partial charge in [0, 0.05) is 44.0 Å². The van der Waals surface area contributed by atoms with Crippen molar-refractivity contribution in [2.75, 3.05) is 19.6 Å². The Kier molecular flexibility index (Phi) is 5.15. The summed E-state index contributed by atoms with van der Waals surface area (Å²) in [7, 11) is 0. The first-order valence-electron chi connectivity index (χ1n) is 8.51. The topological polar surface area (TPSA) is 99.5 Å². The number of nitrogens with zero attached hydrogens (tertiary/aromatic N) is 3. The molecular weight excluding hydrogens is 310 g/mol. The fraction of sp³-hybridized carbons (Fsp3) is 0.688. The van der Waals surface area contributed by atoms with Crippen LogP contribution in [0.2, 0.25) is 0 Å². The van der Waals surface area contributed by atoms with Crippen LogP contribution >= 0.6 is 0 Å². The van der Waals surface area contributed by atoms with Gasteiger partial charge in [-0.2, -0.15) is 5.10 Å². The van der Waals surface area contributed by atoms with Gasteiger partial charge in [0.25, 0.3) is 0 Å². The van der Waals surface area contributed by atoms with Crippen LogP contribution in [0.25, 0.3) is 0 Å². The molecular formula is C16H25N5O3. The van der Waals surface area contributed by atoms with Crippen LogP contribution in [0.3, 0.4) is 0 Å². The highest BCUT2D eigenvalue weighted by atomic mass is 16.3. The third kappa shape index (κ3) is 3.76. The molecule has 8 nitrogen and oxygen atoms in total. The summed E-state index contributed by atoms with van der Waals surface area (Å²) in [5, 5.41) is 20.4. The zero-order valence-electron chi connectivity index (χ0n) is 13.9. The molecule has 0 aromatic carbocycles. The molecule has 0 spiro atoms. The van der Waals surface area contributed by atoms with Crippen molar-refractivity contribution in [3.8, 4) is 0 Å². The number of aromatic nitrogens is 2. The minimum atomic E-state index is -0.633. The van der Waals surface area contributed by atoms with Crippen molar-refractivity contribution in [1.29, 1.82) is 0 Å².